The van der Waals surface area contributed by atoms with Gasteiger partial charge in [-0.25, -0.2) is 0 Å². The lowest BCUT2D eigenvalue weighted by Gasteiger charge is -1.98. The van der Waals surface area contributed by atoms with Gasteiger partial charge in [-0.3, -0.25) is 0 Å². The van der Waals surface area contributed by atoms with E-state index in [4.69, 9.17) is 4.74 Å². The van der Waals surface area contributed by atoms with Gasteiger partial charge < -0.3 is 10.1 Å². The maximum Gasteiger partial charge on any atom is 0.0587 e. The fourth-order valence-corrected chi connectivity index (χ4v) is 2.28. The zero-order valence-electron chi connectivity index (χ0n) is 9.67. The van der Waals surface area contributed by atoms with Crippen molar-refractivity contribution in [3.05, 3.63) is 27.5 Å². The van der Waals surface area contributed by atoms with E-state index >= 15 is 0 Å². The topological polar surface area (TPSA) is 21.3 Å². The van der Waals surface area contributed by atoms with Crippen molar-refractivity contribution in [2.24, 2.45) is 0 Å². The van der Waals surface area contributed by atoms with Crippen LogP contribution in [0.4, 0.5) is 0 Å². The molecular weight excluding hydrogens is 206 g/mol. The molecule has 0 radical (unpaired) electrons. The first-order valence-electron chi connectivity index (χ1n) is 5.17. The fourth-order valence-electron chi connectivity index (χ4n) is 1.36. The molecule has 1 aromatic heterocycles. The van der Waals surface area contributed by atoms with Crippen LogP contribution in [0.3, 0.4) is 0 Å². The normalized spacial score (nSPS) is 11.4. The maximum absolute atomic E-state index is 4.94. The molecule has 2 nitrogen and oxygen atoms in total. The van der Waals surface area contributed by atoms with E-state index in [1.165, 1.54) is 15.3 Å². The Kier molecular flexibility index (Phi) is 5.61. The monoisotopic (exact) mass is 225 g/mol. The van der Waals surface area contributed by atoms with Crippen LogP contribution in [0, 0.1) is 13.8 Å². The van der Waals surface area contributed by atoms with E-state index in [-0.39, 0.29) is 0 Å². The summed E-state index contributed by atoms with van der Waals surface area (Å²) in [7, 11) is 1.72. The van der Waals surface area contributed by atoms with E-state index in [1.807, 2.05) is 11.3 Å². The highest BCUT2D eigenvalue weighted by molar-refractivity contribution is 7.12. The third-order valence-electron chi connectivity index (χ3n) is 2.12. The number of hydrogen-bond donors (Lipinski definition) is 1. The van der Waals surface area contributed by atoms with Crippen molar-refractivity contribution < 1.29 is 4.74 Å². The predicted molar refractivity (Wildman–Crippen MR) is 67.6 cm³/mol. The van der Waals surface area contributed by atoms with Crippen molar-refractivity contribution in [3.63, 3.8) is 0 Å². The minimum absolute atomic E-state index is 0.768. The molecule has 1 N–H and O–H groups in total. The Bertz CT molecular complexity index is 317. The number of aryl methyl sites for hydroxylation is 2. The Balaban J connectivity index is 2.28. The smallest absolute Gasteiger partial charge is 0.0587 e. The molecule has 3 heteroatoms. The molecule has 0 fully saturated rings. The summed E-state index contributed by atoms with van der Waals surface area (Å²) in [6.07, 6.45) is 4.34. The van der Waals surface area contributed by atoms with Gasteiger partial charge in [0.25, 0.3) is 0 Å². The Morgan fingerprint density at radius 3 is 2.87 bits per heavy atom. The van der Waals surface area contributed by atoms with Crippen molar-refractivity contribution in [1.29, 1.82) is 0 Å². The van der Waals surface area contributed by atoms with Crippen LogP contribution >= 0.6 is 11.3 Å². The number of rotatable bonds is 6. The molecule has 0 atom stereocenters. The van der Waals surface area contributed by atoms with E-state index in [9.17, 15) is 0 Å². The summed E-state index contributed by atoms with van der Waals surface area (Å²) in [6, 6.07) is 2.23. The van der Waals surface area contributed by atoms with Gasteiger partial charge in [-0.05, 0) is 25.5 Å². The molecule has 0 unspecified atom stereocenters. The zero-order valence-corrected chi connectivity index (χ0v) is 10.5. The highest BCUT2D eigenvalue weighted by Gasteiger charge is 1.97. The largest absolute Gasteiger partial charge is 0.383 e. The van der Waals surface area contributed by atoms with Gasteiger partial charge in [-0.2, -0.15) is 0 Å². The molecule has 0 aliphatic carbocycles. The van der Waals surface area contributed by atoms with Crippen LogP contribution in [0.15, 0.2) is 12.1 Å². The van der Waals surface area contributed by atoms with Crippen LogP contribution in [0.25, 0.3) is 6.08 Å². The first-order chi connectivity index (χ1) is 7.24. The highest BCUT2D eigenvalue weighted by atomic mass is 32.1. The minimum atomic E-state index is 0.768. The summed E-state index contributed by atoms with van der Waals surface area (Å²) in [5.74, 6) is 0. The third-order valence-corrected chi connectivity index (χ3v) is 3.10. The standard InChI is InChI=1S/C12H19NOS/c1-10-9-12(11(2)15-10)5-4-6-13-7-8-14-3/h4-5,9,13H,6-8H2,1-3H3. The van der Waals surface area contributed by atoms with Gasteiger partial charge in [0.1, 0.15) is 0 Å². The van der Waals surface area contributed by atoms with E-state index in [1.54, 1.807) is 7.11 Å². The summed E-state index contributed by atoms with van der Waals surface area (Å²) in [4.78, 5) is 2.76. The van der Waals surface area contributed by atoms with Gasteiger partial charge in [0.15, 0.2) is 0 Å². The molecule has 1 heterocycles. The summed E-state index contributed by atoms with van der Waals surface area (Å²) < 4.78 is 4.94. The fraction of sp³-hybridized carbons (Fsp3) is 0.500. The molecular formula is C12H19NOS. The first-order valence-corrected chi connectivity index (χ1v) is 5.99. The van der Waals surface area contributed by atoms with Gasteiger partial charge in [-0.15, -0.1) is 11.3 Å². The lowest BCUT2D eigenvalue weighted by atomic mass is 10.2. The van der Waals surface area contributed by atoms with E-state index in [0.29, 0.717) is 0 Å². The van der Waals surface area contributed by atoms with Gasteiger partial charge in [0.2, 0.25) is 0 Å². The van der Waals surface area contributed by atoms with Crippen LogP contribution in [-0.2, 0) is 4.74 Å². The van der Waals surface area contributed by atoms with Gasteiger partial charge in [-0.1, -0.05) is 12.2 Å². The van der Waals surface area contributed by atoms with Crippen LogP contribution in [-0.4, -0.2) is 26.8 Å². The minimum Gasteiger partial charge on any atom is -0.383 e. The van der Waals surface area contributed by atoms with Crippen molar-refractivity contribution in [2.75, 3.05) is 26.8 Å². The number of methoxy groups -OCH3 is 1. The lowest BCUT2D eigenvalue weighted by Crippen LogP contribution is -2.18. The molecule has 1 aromatic rings. The molecule has 0 saturated carbocycles. The quantitative estimate of drug-likeness (QED) is 0.751. The second-order valence-electron chi connectivity index (χ2n) is 3.47. The van der Waals surface area contributed by atoms with Crippen LogP contribution in [0.2, 0.25) is 0 Å². The first kappa shape index (κ1) is 12.4. The summed E-state index contributed by atoms with van der Waals surface area (Å²) in [5.41, 5.74) is 1.34. The Morgan fingerprint density at radius 2 is 2.27 bits per heavy atom. The highest BCUT2D eigenvalue weighted by Crippen LogP contribution is 2.21. The zero-order chi connectivity index (χ0) is 11.1. The number of nitrogens with one attached hydrogen (secondary N) is 1. The molecule has 0 bridgehead atoms. The van der Waals surface area contributed by atoms with E-state index in [2.05, 4.69) is 37.4 Å². The summed E-state index contributed by atoms with van der Waals surface area (Å²) in [6.45, 7) is 6.88. The predicted octanol–water partition coefficient (Wildman–Crippen LogP) is 2.61. The average Bonchev–Trinajstić information content (AvgIpc) is 2.51. The molecule has 0 aliphatic rings. The molecule has 0 spiro atoms. The number of ether oxygens (including phenoxy) is 1. The number of hydrogen-bond acceptors (Lipinski definition) is 3. The third kappa shape index (κ3) is 4.60. The average molecular weight is 225 g/mol. The van der Waals surface area contributed by atoms with E-state index < -0.39 is 0 Å². The molecule has 84 valence electrons. The molecule has 0 amide bonds. The SMILES string of the molecule is COCCNCC=Cc1cc(C)sc1C. The van der Waals surface area contributed by atoms with Crippen molar-refractivity contribution in [3.8, 4) is 0 Å². The Labute approximate surface area is 96.0 Å². The molecule has 0 aromatic carbocycles. The second-order valence-corrected chi connectivity index (χ2v) is 4.93. The Morgan fingerprint density at radius 1 is 1.47 bits per heavy atom. The molecule has 0 saturated heterocycles. The Hall–Kier alpha value is -0.640. The molecule has 15 heavy (non-hydrogen) atoms. The molecule has 1 rings (SSSR count). The maximum atomic E-state index is 4.94. The van der Waals surface area contributed by atoms with Crippen LogP contribution in [0.1, 0.15) is 15.3 Å². The summed E-state index contributed by atoms with van der Waals surface area (Å²) in [5, 5.41) is 3.27. The van der Waals surface area contributed by atoms with Crippen molar-refractivity contribution in [1.82, 2.24) is 5.32 Å². The lowest BCUT2D eigenvalue weighted by molar-refractivity contribution is 0.200. The van der Waals surface area contributed by atoms with Gasteiger partial charge in [0, 0.05) is 30.0 Å². The molecule has 0 aliphatic heterocycles. The van der Waals surface area contributed by atoms with E-state index in [0.717, 1.165) is 19.7 Å². The van der Waals surface area contributed by atoms with Crippen LogP contribution < -0.4 is 5.32 Å². The van der Waals surface area contributed by atoms with Crippen LogP contribution in [0.5, 0.6) is 0 Å². The second kappa shape index (κ2) is 6.77. The van der Waals surface area contributed by atoms with Gasteiger partial charge >= 0.3 is 0 Å². The van der Waals surface area contributed by atoms with Gasteiger partial charge in [0.05, 0.1) is 6.61 Å². The summed E-state index contributed by atoms with van der Waals surface area (Å²) >= 11 is 1.85. The number of thiophene rings is 1. The van der Waals surface area contributed by atoms with Crippen molar-refractivity contribution in [2.45, 2.75) is 13.8 Å². The van der Waals surface area contributed by atoms with Crippen molar-refractivity contribution >= 4 is 17.4 Å².